The van der Waals surface area contributed by atoms with Gasteiger partial charge in [0.15, 0.2) is 5.03 Å². The fraction of sp³-hybridized carbons (Fsp3) is 0.368. The number of rotatable bonds is 5. The Hall–Kier alpha value is -2.52. The lowest BCUT2D eigenvalue weighted by Crippen LogP contribution is -2.32. The van der Waals surface area contributed by atoms with Gasteiger partial charge >= 0.3 is 0 Å². The molecule has 0 aliphatic carbocycles. The monoisotopic (exact) mass is 403 g/mol. The lowest BCUT2D eigenvalue weighted by Gasteiger charge is -2.24. The highest BCUT2D eigenvalue weighted by Gasteiger charge is 2.39. The molecule has 0 bridgehead atoms. The molecule has 28 heavy (non-hydrogen) atoms. The van der Waals surface area contributed by atoms with E-state index in [0.717, 1.165) is 17.7 Å². The molecule has 7 nitrogen and oxygen atoms in total. The number of benzene rings is 1. The summed E-state index contributed by atoms with van der Waals surface area (Å²) in [4.78, 5) is 8.57. The summed E-state index contributed by atoms with van der Waals surface area (Å²) in [5, 5.41) is 0.0512. The molecular formula is C19H22FN5O2S. The molecule has 3 aromatic rings. The molecule has 0 spiro atoms. The Morgan fingerprint density at radius 2 is 1.96 bits per heavy atom. The van der Waals surface area contributed by atoms with Crippen LogP contribution in [-0.2, 0) is 23.6 Å². The van der Waals surface area contributed by atoms with Crippen molar-refractivity contribution in [3.8, 4) is 0 Å². The van der Waals surface area contributed by atoms with E-state index in [1.807, 2.05) is 11.5 Å². The van der Waals surface area contributed by atoms with Crippen LogP contribution >= 0.6 is 0 Å². The Kier molecular flexibility index (Phi) is 4.80. The average Bonchev–Trinajstić information content (AvgIpc) is 3.38. The molecule has 1 fully saturated rings. The van der Waals surface area contributed by atoms with E-state index in [-0.39, 0.29) is 16.9 Å². The van der Waals surface area contributed by atoms with Crippen LogP contribution in [0.2, 0.25) is 0 Å². The number of halogens is 1. The minimum Gasteiger partial charge on any atom is -0.339 e. The second-order valence-electron chi connectivity index (χ2n) is 7.12. The molecule has 0 N–H and O–H groups in total. The zero-order valence-electron chi connectivity index (χ0n) is 15.8. The normalized spacial score (nSPS) is 18.0. The molecule has 9 heteroatoms. The summed E-state index contributed by atoms with van der Waals surface area (Å²) in [6.45, 7) is 2.88. The largest absolute Gasteiger partial charge is 0.339 e. The average molecular weight is 403 g/mol. The summed E-state index contributed by atoms with van der Waals surface area (Å²) in [7, 11) is -1.96. The summed E-state index contributed by atoms with van der Waals surface area (Å²) >= 11 is 0. The molecule has 0 saturated carbocycles. The van der Waals surface area contributed by atoms with Crippen LogP contribution in [0.15, 0.2) is 48.0 Å². The quantitative estimate of drug-likeness (QED) is 0.657. The van der Waals surface area contributed by atoms with E-state index in [1.54, 1.807) is 29.9 Å². The minimum absolute atomic E-state index is 0.0512. The van der Waals surface area contributed by atoms with Crippen molar-refractivity contribution in [3.63, 3.8) is 0 Å². The Morgan fingerprint density at radius 1 is 1.21 bits per heavy atom. The van der Waals surface area contributed by atoms with Crippen molar-refractivity contribution in [2.45, 2.75) is 37.4 Å². The third-order valence-electron chi connectivity index (χ3n) is 5.10. The zero-order valence-corrected chi connectivity index (χ0v) is 16.6. The molecule has 148 valence electrons. The molecule has 1 aliphatic rings. The molecule has 2 aromatic heterocycles. The van der Waals surface area contributed by atoms with Crippen LogP contribution in [0.5, 0.6) is 0 Å². The number of aromatic nitrogens is 4. The van der Waals surface area contributed by atoms with Gasteiger partial charge in [-0.15, -0.1) is 0 Å². The summed E-state index contributed by atoms with van der Waals surface area (Å²) in [6.07, 6.45) is 6.21. The fourth-order valence-corrected chi connectivity index (χ4v) is 5.28. The molecule has 0 amide bonds. The summed E-state index contributed by atoms with van der Waals surface area (Å²) in [6, 6.07) is 5.97. The first-order valence-electron chi connectivity index (χ1n) is 9.12. The Morgan fingerprint density at radius 3 is 2.64 bits per heavy atom. The van der Waals surface area contributed by atoms with Crippen molar-refractivity contribution in [3.05, 3.63) is 65.9 Å². The molecule has 3 heterocycles. The zero-order chi connectivity index (χ0) is 19.9. The van der Waals surface area contributed by atoms with Gasteiger partial charge in [0.05, 0.1) is 12.4 Å². The van der Waals surface area contributed by atoms with Crippen LogP contribution in [0, 0.1) is 12.7 Å². The van der Waals surface area contributed by atoms with Gasteiger partial charge in [0.1, 0.15) is 11.6 Å². The SMILES string of the molecule is Cc1cnc(C2CCCN2S(=O)(=O)c2cn(C)cn2)n1Cc1ccc(F)cc1. The number of hydrogen-bond donors (Lipinski definition) is 0. The lowest BCUT2D eigenvalue weighted by molar-refractivity contribution is 0.373. The van der Waals surface area contributed by atoms with E-state index >= 15 is 0 Å². The minimum atomic E-state index is -3.70. The van der Waals surface area contributed by atoms with E-state index in [9.17, 15) is 12.8 Å². The molecule has 1 aliphatic heterocycles. The lowest BCUT2D eigenvalue weighted by atomic mass is 10.2. The first kappa shape index (κ1) is 18.8. The van der Waals surface area contributed by atoms with Crippen LogP contribution in [0.3, 0.4) is 0 Å². The van der Waals surface area contributed by atoms with Crippen LogP contribution in [0.1, 0.15) is 36.0 Å². The molecule has 1 atom stereocenters. The Balaban J connectivity index is 1.68. The third-order valence-corrected chi connectivity index (χ3v) is 6.89. The predicted octanol–water partition coefficient (Wildman–Crippen LogP) is 2.64. The van der Waals surface area contributed by atoms with Gasteiger partial charge in [-0.2, -0.15) is 4.31 Å². The Bertz CT molecular complexity index is 1090. The van der Waals surface area contributed by atoms with Crippen molar-refractivity contribution in [2.75, 3.05) is 6.54 Å². The third kappa shape index (κ3) is 3.35. The van der Waals surface area contributed by atoms with E-state index in [4.69, 9.17) is 0 Å². The summed E-state index contributed by atoms with van der Waals surface area (Å²) in [5.41, 5.74) is 1.86. The molecule has 1 unspecified atom stereocenters. The van der Waals surface area contributed by atoms with Crippen LogP contribution in [0.25, 0.3) is 0 Å². The maximum Gasteiger partial charge on any atom is 0.262 e. The van der Waals surface area contributed by atoms with Crippen molar-refractivity contribution < 1.29 is 12.8 Å². The molecular weight excluding hydrogens is 381 g/mol. The number of nitrogens with zero attached hydrogens (tertiary/aromatic N) is 5. The standard InChI is InChI=1S/C19H22FN5O2S/c1-14-10-21-19(24(14)11-15-5-7-16(20)8-6-15)17-4-3-9-25(17)28(26,27)18-12-23(2)13-22-18/h5-8,10,12-13,17H,3-4,9,11H2,1-2H3. The smallest absolute Gasteiger partial charge is 0.262 e. The van der Waals surface area contributed by atoms with Crippen molar-refractivity contribution in [1.29, 1.82) is 0 Å². The van der Waals surface area contributed by atoms with Crippen LogP contribution < -0.4 is 0 Å². The van der Waals surface area contributed by atoms with Gasteiger partial charge in [-0.1, -0.05) is 12.1 Å². The van der Waals surface area contributed by atoms with E-state index in [1.165, 1.54) is 29.0 Å². The second kappa shape index (κ2) is 7.14. The summed E-state index contributed by atoms with van der Waals surface area (Å²) < 4.78 is 44.6. The summed E-state index contributed by atoms with van der Waals surface area (Å²) in [5.74, 6) is 0.425. The van der Waals surface area contributed by atoms with Gasteiger partial charge in [0, 0.05) is 38.2 Å². The van der Waals surface area contributed by atoms with Gasteiger partial charge in [-0.3, -0.25) is 0 Å². The highest BCUT2D eigenvalue weighted by molar-refractivity contribution is 7.89. The predicted molar refractivity (Wildman–Crippen MR) is 102 cm³/mol. The van der Waals surface area contributed by atoms with Gasteiger partial charge in [-0.25, -0.2) is 22.8 Å². The topological polar surface area (TPSA) is 73.0 Å². The molecule has 1 saturated heterocycles. The van der Waals surface area contributed by atoms with Gasteiger partial charge in [0.2, 0.25) is 0 Å². The maximum atomic E-state index is 13.2. The molecule has 1 aromatic carbocycles. The maximum absolute atomic E-state index is 13.2. The fourth-order valence-electron chi connectivity index (χ4n) is 3.65. The number of sulfonamides is 1. The Labute approximate surface area is 163 Å². The van der Waals surface area contributed by atoms with Crippen molar-refractivity contribution in [1.82, 2.24) is 23.4 Å². The van der Waals surface area contributed by atoms with Gasteiger partial charge in [0.25, 0.3) is 10.0 Å². The van der Waals surface area contributed by atoms with Gasteiger partial charge < -0.3 is 9.13 Å². The van der Waals surface area contributed by atoms with Crippen LogP contribution in [-0.4, -0.2) is 38.4 Å². The first-order chi connectivity index (χ1) is 13.4. The van der Waals surface area contributed by atoms with Crippen molar-refractivity contribution >= 4 is 10.0 Å². The van der Waals surface area contributed by atoms with E-state index in [2.05, 4.69) is 9.97 Å². The van der Waals surface area contributed by atoms with E-state index < -0.39 is 10.0 Å². The van der Waals surface area contributed by atoms with E-state index in [0.29, 0.717) is 25.3 Å². The first-order valence-corrected chi connectivity index (χ1v) is 10.6. The second-order valence-corrected chi connectivity index (χ2v) is 8.96. The molecule has 0 radical (unpaired) electrons. The van der Waals surface area contributed by atoms with Crippen LogP contribution in [0.4, 0.5) is 4.39 Å². The number of hydrogen-bond acceptors (Lipinski definition) is 4. The highest BCUT2D eigenvalue weighted by Crippen LogP contribution is 2.36. The highest BCUT2D eigenvalue weighted by atomic mass is 32.2. The van der Waals surface area contributed by atoms with Gasteiger partial charge in [-0.05, 0) is 37.5 Å². The van der Waals surface area contributed by atoms with Crippen molar-refractivity contribution in [2.24, 2.45) is 7.05 Å². The number of imidazole rings is 2. The molecule has 4 rings (SSSR count). The number of aryl methyl sites for hydroxylation is 2.